The first-order valence-corrected chi connectivity index (χ1v) is 10.3. The van der Waals surface area contributed by atoms with E-state index in [0.29, 0.717) is 18.6 Å². The van der Waals surface area contributed by atoms with Gasteiger partial charge < -0.3 is 9.30 Å². The van der Waals surface area contributed by atoms with Gasteiger partial charge in [-0.15, -0.1) is 0 Å². The lowest BCUT2D eigenvalue weighted by Crippen LogP contribution is -2.41. The molecule has 0 aliphatic carbocycles. The third kappa shape index (κ3) is 4.17. The van der Waals surface area contributed by atoms with Crippen LogP contribution in [0.25, 0.3) is 0 Å². The number of sulfonamides is 1. The average Bonchev–Trinajstić information content (AvgIpc) is 2.62. The molecule has 6 nitrogen and oxygen atoms in total. The number of benzene rings is 1. The molecule has 9 heteroatoms. The molecule has 1 aliphatic heterocycles. The Hall–Kier alpha value is -1.90. The number of hydrogen-bond acceptors (Lipinski definition) is 4. The molecular weight excluding hydrogens is 395 g/mol. The minimum Gasteiger partial charge on any atom is -0.490 e. The Balaban J connectivity index is 1.68. The summed E-state index contributed by atoms with van der Waals surface area (Å²) in [4.78, 5) is 11.8. The fourth-order valence-corrected chi connectivity index (χ4v) is 4.72. The summed E-state index contributed by atoms with van der Waals surface area (Å²) in [6.45, 7) is 2.36. The summed E-state index contributed by atoms with van der Waals surface area (Å²) in [5, 5.41) is -0.227. The molecule has 3 rings (SSSR count). The minimum absolute atomic E-state index is 0.0320. The molecule has 146 valence electrons. The van der Waals surface area contributed by atoms with Crippen molar-refractivity contribution in [2.75, 3.05) is 13.1 Å². The van der Waals surface area contributed by atoms with Gasteiger partial charge in [-0.05, 0) is 44.0 Å². The average molecular weight is 415 g/mol. The van der Waals surface area contributed by atoms with Gasteiger partial charge in [0.1, 0.15) is 17.7 Å². The van der Waals surface area contributed by atoms with Crippen molar-refractivity contribution < 1.29 is 17.5 Å². The SMILES string of the molecule is Cc1cc(OC2CCN(S(=O)(=O)c3ccc(F)c(Cl)c3)CC2)cc(=O)n1C. The Kier molecular flexibility index (Phi) is 5.60. The smallest absolute Gasteiger partial charge is 0.254 e. The number of nitrogens with zero attached hydrogens (tertiary/aromatic N) is 2. The van der Waals surface area contributed by atoms with E-state index >= 15 is 0 Å². The van der Waals surface area contributed by atoms with Gasteiger partial charge >= 0.3 is 0 Å². The van der Waals surface area contributed by atoms with Gasteiger partial charge in [0.15, 0.2) is 0 Å². The van der Waals surface area contributed by atoms with Crippen LogP contribution in [0.5, 0.6) is 5.75 Å². The molecule has 0 atom stereocenters. The van der Waals surface area contributed by atoms with Crippen molar-refractivity contribution in [3.05, 3.63) is 57.2 Å². The number of rotatable bonds is 4. The van der Waals surface area contributed by atoms with E-state index in [1.54, 1.807) is 13.1 Å². The molecule has 2 aromatic rings. The van der Waals surface area contributed by atoms with Crippen molar-refractivity contribution in [1.82, 2.24) is 8.87 Å². The van der Waals surface area contributed by atoms with Crippen LogP contribution >= 0.6 is 11.6 Å². The van der Waals surface area contributed by atoms with Gasteiger partial charge in [-0.2, -0.15) is 4.31 Å². The molecule has 0 radical (unpaired) electrons. The third-order valence-electron chi connectivity index (χ3n) is 4.71. The zero-order chi connectivity index (χ0) is 19.8. The first-order valence-electron chi connectivity index (χ1n) is 8.48. The summed E-state index contributed by atoms with van der Waals surface area (Å²) in [5.41, 5.74) is 0.629. The van der Waals surface area contributed by atoms with Crippen molar-refractivity contribution in [2.45, 2.75) is 30.8 Å². The summed E-state index contributed by atoms with van der Waals surface area (Å²) in [6.07, 6.45) is 0.796. The Morgan fingerprint density at radius 2 is 1.85 bits per heavy atom. The number of aromatic nitrogens is 1. The highest BCUT2D eigenvalue weighted by atomic mass is 35.5. The first kappa shape index (κ1) is 19.9. The number of hydrogen-bond donors (Lipinski definition) is 0. The second kappa shape index (κ2) is 7.61. The molecule has 1 saturated heterocycles. The molecule has 1 aliphatic rings. The highest BCUT2D eigenvalue weighted by Gasteiger charge is 2.30. The fraction of sp³-hybridized carbons (Fsp3) is 0.389. The molecular formula is C18H20ClFN2O4S. The van der Waals surface area contributed by atoms with Crippen LogP contribution in [0.3, 0.4) is 0 Å². The summed E-state index contributed by atoms with van der Waals surface area (Å²) >= 11 is 5.70. The molecule has 0 N–H and O–H groups in total. The Morgan fingerprint density at radius 1 is 1.19 bits per heavy atom. The quantitative estimate of drug-likeness (QED) is 0.771. The van der Waals surface area contributed by atoms with Crippen LogP contribution < -0.4 is 10.3 Å². The highest BCUT2D eigenvalue weighted by molar-refractivity contribution is 7.89. The van der Waals surface area contributed by atoms with Crippen LogP contribution in [0.2, 0.25) is 5.02 Å². The third-order valence-corrected chi connectivity index (χ3v) is 6.89. The Bertz CT molecular complexity index is 1010. The Labute approximate surface area is 162 Å². The minimum atomic E-state index is -3.74. The second-order valence-electron chi connectivity index (χ2n) is 6.53. The maximum atomic E-state index is 13.3. The zero-order valence-electron chi connectivity index (χ0n) is 15.0. The molecule has 2 heterocycles. The van der Waals surface area contributed by atoms with Crippen molar-refractivity contribution in [1.29, 1.82) is 0 Å². The van der Waals surface area contributed by atoms with E-state index in [2.05, 4.69) is 0 Å². The number of piperidine rings is 1. The molecule has 0 spiro atoms. The van der Waals surface area contributed by atoms with Gasteiger partial charge in [-0.3, -0.25) is 4.79 Å². The van der Waals surface area contributed by atoms with Crippen LogP contribution in [0, 0.1) is 12.7 Å². The number of halogens is 2. The second-order valence-corrected chi connectivity index (χ2v) is 8.87. The van der Waals surface area contributed by atoms with Crippen molar-refractivity contribution in [3.8, 4) is 5.75 Å². The van der Waals surface area contributed by atoms with E-state index in [-0.39, 0.29) is 34.7 Å². The maximum Gasteiger partial charge on any atom is 0.254 e. The van der Waals surface area contributed by atoms with Crippen LogP contribution in [0.15, 0.2) is 40.0 Å². The lowest BCUT2D eigenvalue weighted by molar-refractivity contribution is 0.134. The monoisotopic (exact) mass is 414 g/mol. The fourth-order valence-electron chi connectivity index (χ4n) is 2.97. The van der Waals surface area contributed by atoms with E-state index in [1.807, 2.05) is 6.92 Å². The van der Waals surface area contributed by atoms with E-state index in [9.17, 15) is 17.6 Å². The van der Waals surface area contributed by atoms with Gasteiger partial charge in [0.05, 0.1) is 9.92 Å². The highest BCUT2D eigenvalue weighted by Crippen LogP contribution is 2.26. The predicted octanol–water partition coefficient (Wildman–Crippen LogP) is 2.72. The van der Waals surface area contributed by atoms with Gasteiger partial charge in [0.25, 0.3) is 5.56 Å². The predicted molar refractivity (Wildman–Crippen MR) is 100 cm³/mol. The Morgan fingerprint density at radius 3 is 2.44 bits per heavy atom. The van der Waals surface area contributed by atoms with Crippen LogP contribution in [-0.2, 0) is 17.1 Å². The molecule has 1 aromatic carbocycles. The standard InChI is InChI=1S/C18H20ClFN2O4S/c1-12-9-14(10-18(23)21(12)2)26-13-5-7-22(8-6-13)27(24,25)15-3-4-17(20)16(19)11-15/h3-4,9-11,13H,5-8H2,1-2H3. The van der Waals surface area contributed by atoms with Gasteiger partial charge in [-0.1, -0.05) is 11.6 Å². The van der Waals surface area contributed by atoms with Crippen LogP contribution in [0.1, 0.15) is 18.5 Å². The van der Waals surface area contributed by atoms with Crippen molar-refractivity contribution >= 4 is 21.6 Å². The van der Waals surface area contributed by atoms with Gasteiger partial charge in [0, 0.05) is 31.9 Å². The normalized spacial score (nSPS) is 16.4. The summed E-state index contributed by atoms with van der Waals surface area (Å²) < 4.78 is 47.4. The summed E-state index contributed by atoms with van der Waals surface area (Å²) in [7, 11) is -2.06. The van der Waals surface area contributed by atoms with Gasteiger partial charge in [-0.25, -0.2) is 12.8 Å². The van der Waals surface area contributed by atoms with E-state index in [4.69, 9.17) is 16.3 Å². The van der Waals surface area contributed by atoms with Crippen LogP contribution in [0.4, 0.5) is 4.39 Å². The molecule has 0 bridgehead atoms. The largest absolute Gasteiger partial charge is 0.490 e. The zero-order valence-corrected chi connectivity index (χ0v) is 16.6. The van der Waals surface area contributed by atoms with Crippen LogP contribution in [-0.4, -0.2) is 36.5 Å². The van der Waals surface area contributed by atoms with Crippen molar-refractivity contribution in [2.24, 2.45) is 7.05 Å². The molecule has 1 fully saturated rings. The lowest BCUT2D eigenvalue weighted by Gasteiger charge is -2.31. The molecule has 0 amide bonds. The maximum absolute atomic E-state index is 13.3. The number of ether oxygens (including phenoxy) is 1. The van der Waals surface area contributed by atoms with Gasteiger partial charge in [0.2, 0.25) is 10.0 Å². The molecule has 0 saturated carbocycles. The van der Waals surface area contributed by atoms with Crippen molar-refractivity contribution in [3.63, 3.8) is 0 Å². The molecule has 1 aromatic heterocycles. The topological polar surface area (TPSA) is 68.6 Å². The van der Waals surface area contributed by atoms with E-state index < -0.39 is 15.8 Å². The number of pyridine rings is 1. The van der Waals surface area contributed by atoms with E-state index in [1.165, 1.54) is 21.0 Å². The molecule has 27 heavy (non-hydrogen) atoms. The lowest BCUT2D eigenvalue weighted by atomic mass is 10.1. The molecule has 0 unspecified atom stereocenters. The summed E-state index contributed by atoms with van der Waals surface area (Å²) in [5.74, 6) is -0.172. The first-order chi connectivity index (χ1) is 12.7. The number of aryl methyl sites for hydroxylation is 1. The van der Waals surface area contributed by atoms with E-state index in [0.717, 1.165) is 17.8 Å². The summed E-state index contributed by atoms with van der Waals surface area (Å²) in [6, 6.07) is 6.59.